The van der Waals surface area contributed by atoms with Gasteiger partial charge in [-0.3, -0.25) is 4.79 Å². The van der Waals surface area contributed by atoms with Gasteiger partial charge in [-0.1, -0.05) is 12.1 Å². The van der Waals surface area contributed by atoms with Crippen LogP contribution in [0.4, 0.5) is 0 Å². The molecule has 3 aromatic carbocycles. The van der Waals surface area contributed by atoms with Gasteiger partial charge in [-0.15, -0.1) is 11.3 Å². The van der Waals surface area contributed by atoms with Gasteiger partial charge in [0.1, 0.15) is 34.0 Å². The maximum atomic E-state index is 11.1. The van der Waals surface area contributed by atoms with Crippen LogP contribution in [0.25, 0.3) is 10.6 Å². The van der Waals surface area contributed by atoms with Crippen LogP contribution in [0.15, 0.2) is 84.4 Å². The van der Waals surface area contributed by atoms with Crippen LogP contribution in [0.5, 0.6) is 23.0 Å². The quantitative estimate of drug-likeness (QED) is 0.348. The van der Waals surface area contributed by atoms with Crippen molar-refractivity contribution in [2.45, 2.75) is 12.5 Å². The molecule has 1 aromatic heterocycles. The summed E-state index contributed by atoms with van der Waals surface area (Å²) in [5, 5.41) is 14.9. The third kappa shape index (κ3) is 5.51. The molecule has 4 rings (SSSR count). The molecule has 0 fully saturated rings. The molecule has 162 valence electrons. The maximum Gasteiger partial charge on any atom is 0.321 e. The van der Waals surface area contributed by atoms with E-state index >= 15 is 0 Å². The fraction of sp³-hybridized carbons (Fsp3) is 0.120. The number of likely N-dealkylation sites (N-methyl/N-ethyl adjacent to an activating group) is 1. The fourth-order valence-corrected chi connectivity index (χ4v) is 3.77. The van der Waals surface area contributed by atoms with Gasteiger partial charge in [-0.2, -0.15) is 0 Å². The molecule has 0 radical (unpaired) electrons. The minimum absolute atomic E-state index is 0.406. The molecule has 0 saturated carbocycles. The summed E-state index contributed by atoms with van der Waals surface area (Å²) in [5.41, 5.74) is 1.98. The van der Waals surface area contributed by atoms with E-state index in [2.05, 4.69) is 10.3 Å². The molecule has 32 heavy (non-hydrogen) atoms. The summed E-state index contributed by atoms with van der Waals surface area (Å²) < 4.78 is 11.8. The Morgan fingerprint density at radius 3 is 1.84 bits per heavy atom. The van der Waals surface area contributed by atoms with Gasteiger partial charge in [0.15, 0.2) is 0 Å². The number of carbonyl (C=O) groups is 1. The van der Waals surface area contributed by atoms with E-state index < -0.39 is 12.0 Å². The van der Waals surface area contributed by atoms with Gasteiger partial charge in [0.05, 0.1) is 0 Å². The lowest BCUT2D eigenvalue weighted by molar-refractivity contribution is -0.139. The number of nitrogens with zero attached hydrogens (tertiary/aromatic N) is 1. The zero-order chi connectivity index (χ0) is 22.3. The summed E-state index contributed by atoms with van der Waals surface area (Å²) in [5.74, 6) is 1.95. The summed E-state index contributed by atoms with van der Waals surface area (Å²) >= 11 is 1.60. The molecule has 0 saturated heterocycles. The Bertz CT molecular complexity index is 1140. The predicted octanol–water partition coefficient (Wildman–Crippen LogP) is 5.61. The van der Waals surface area contributed by atoms with Crippen LogP contribution in [0.2, 0.25) is 0 Å². The van der Waals surface area contributed by atoms with Gasteiger partial charge in [0.2, 0.25) is 0 Å². The highest BCUT2D eigenvalue weighted by atomic mass is 32.1. The van der Waals surface area contributed by atoms with Crippen molar-refractivity contribution in [3.63, 3.8) is 0 Å². The van der Waals surface area contributed by atoms with Gasteiger partial charge in [-0.05, 0) is 79.7 Å². The van der Waals surface area contributed by atoms with E-state index in [-0.39, 0.29) is 0 Å². The van der Waals surface area contributed by atoms with E-state index in [0.29, 0.717) is 23.7 Å². The van der Waals surface area contributed by atoms with Gasteiger partial charge < -0.3 is 19.9 Å². The van der Waals surface area contributed by atoms with Crippen LogP contribution in [-0.4, -0.2) is 29.1 Å². The zero-order valence-corrected chi connectivity index (χ0v) is 18.2. The van der Waals surface area contributed by atoms with Crippen molar-refractivity contribution in [2.75, 3.05) is 7.05 Å². The van der Waals surface area contributed by atoms with Crippen molar-refractivity contribution in [1.82, 2.24) is 10.3 Å². The number of carboxylic acids is 1. The van der Waals surface area contributed by atoms with E-state index in [1.54, 1.807) is 24.6 Å². The number of ether oxygens (including phenoxy) is 2. The molecule has 0 aliphatic carbocycles. The molecule has 0 bridgehead atoms. The first kappa shape index (κ1) is 21.5. The number of aromatic nitrogens is 1. The van der Waals surface area contributed by atoms with Crippen LogP contribution in [-0.2, 0) is 11.2 Å². The van der Waals surface area contributed by atoms with Crippen molar-refractivity contribution < 1.29 is 19.4 Å². The van der Waals surface area contributed by atoms with E-state index in [9.17, 15) is 4.79 Å². The molecule has 4 aromatic rings. The first-order valence-corrected chi connectivity index (χ1v) is 10.9. The molecule has 0 spiro atoms. The van der Waals surface area contributed by atoms with Crippen molar-refractivity contribution in [2.24, 2.45) is 0 Å². The topological polar surface area (TPSA) is 80.7 Å². The summed E-state index contributed by atoms with van der Waals surface area (Å²) in [7, 11) is 1.64. The lowest BCUT2D eigenvalue weighted by Gasteiger charge is -2.12. The number of thiazole rings is 1. The second-order valence-corrected chi connectivity index (χ2v) is 7.96. The number of rotatable bonds is 9. The van der Waals surface area contributed by atoms with E-state index in [1.165, 1.54) is 0 Å². The van der Waals surface area contributed by atoms with Crippen molar-refractivity contribution in [3.8, 4) is 33.6 Å². The van der Waals surface area contributed by atoms with Gasteiger partial charge in [0, 0.05) is 17.1 Å². The average Bonchev–Trinajstić information content (AvgIpc) is 3.35. The number of aliphatic carboxylic acids is 1. The number of hydrogen-bond acceptors (Lipinski definition) is 6. The molecular formula is C25H22N2O4S. The fourth-order valence-electron chi connectivity index (χ4n) is 3.12. The Kier molecular flexibility index (Phi) is 6.79. The molecule has 0 amide bonds. The molecule has 0 aliphatic rings. The minimum atomic E-state index is -0.870. The van der Waals surface area contributed by atoms with Crippen LogP contribution in [0, 0.1) is 0 Å². The smallest absolute Gasteiger partial charge is 0.321 e. The summed E-state index contributed by atoms with van der Waals surface area (Å²) in [6, 6.07) is 22.0. The lowest BCUT2D eigenvalue weighted by Crippen LogP contribution is -2.35. The second kappa shape index (κ2) is 10.1. The van der Waals surface area contributed by atoms with Crippen LogP contribution in [0.3, 0.4) is 0 Å². The van der Waals surface area contributed by atoms with Crippen LogP contribution < -0.4 is 14.8 Å². The molecule has 1 atom stereocenters. The normalized spacial score (nSPS) is 11.7. The Morgan fingerprint density at radius 1 is 0.906 bits per heavy atom. The van der Waals surface area contributed by atoms with Crippen LogP contribution >= 0.6 is 11.3 Å². The van der Waals surface area contributed by atoms with Crippen molar-refractivity contribution in [3.05, 3.63) is 89.9 Å². The van der Waals surface area contributed by atoms with E-state index in [1.807, 2.05) is 78.2 Å². The number of carboxylic acid groups (broad SMARTS) is 1. The van der Waals surface area contributed by atoms with E-state index in [4.69, 9.17) is 14.6 Å². The molecule has 0 unspecified atom stereocenters. The van der Waals surface area contributed by atoms with Crippen LogP contribution in [0.1, 0.15) is 5.56 Å². The van der Waals surface area contributed by atoms with E-state index in [0.717, 1.165) is 21.9 Å². The van der Waals surface area contributed by atoms with Crippen molar-refractivity contribution >= 4 is 17.3 Å². The molecule has 2 N–H and O–H groups in total. The standard InChI is InChI=1S/C25H22N2O4S/c1-26-23(25(28)29)16-17-2-6-19(7-3-17)30-21-10-12-22(13-11-21)31-20-8-4-18(5-9-20)24-27-14-15-32-24/h2-15,23,26H,16H2,1H3,(H,28,29)/t23-/m0/s1. The molecule has 1 heterocycles. The first-order chi connectivity index (χ1) is 15.6. The monoisotopic (exact) mass is 446 g/mol. The number of benzene rings is 3. The second-order valence-electron chi connectivity index (χ2n) is 7.06. The largest absolute Gasteiger partial charge is 0.480 e. The third-order valence-electron chi connectivity index (χ3n) is 4.84. The Labute approximate surface area is 190 Å². The molecule has 7 heteroatoms. The molecule has 6 nitrogen and oxygen atoms in total. The lowest BCUT2D eigenvalue weighted by atomic mass is 10.1. The number of nitrogens with one attached hydrogen (secondary N) is 1. The summed E-state index contributed by atoms with van der Waals surface area (Å²) in [4.78, 5) is 15.5. The Hall–Kier alpha value is -3.68. The Balaban J connectivity index is 1.34. The highest BCUT2D eigenvalue weighted by Gasteiger charge is 2.15. The zero-order valence-electron chi connectivity index (χ0n) is 17.4. The highest BCUT2D eigenvalue weighted by Crippen LogP contribution is 2.29. The van der Waals surface area contributed by atoms with Gasteiger partial charge >= 0.3 is 5.97 Å². The maximum absolute atomic E-state index is 11.1. The average molecular weight is 447 g/mol. The SMILES string of the molecule is CN[C@@H](Cc1ccc(Oc2ccc(Oc3ccc(-c4nccs4)cc3)cc2)cc1)C(=O)O. The predicted molar refractivity (Wildman–Crippen MR) is 125 cm³/mol. The number of hydrogen-bond donors (Lipinski definition) is 2. The summed E-state index contributed by atoms with van der Waals surface area (Å²) in [6.45, 7) is 0. The third-order valence-corrected chi connectivity index (χ3v) is 5.66. The molecule has 0 aliphatic heterocycles. The Morgan fingerprint density at radius 2 is 1.41 bits per heavy atom. The highest BCUT2D eigenvalue weighted by molar-refractivity contribution is 7.13. The minimum Gasteiger partial charge on any atom is -0.480 e. The first-order valence-electron chi connectivity index (χ1n) is 10.1. The summed E-state index contributed by atoms with van der Waals surface area (Å²) in [6.07, 6.45) is 2.20. The van der Waals surface area contributed by atoms with Crippen molar-refractivity contribution in [1.29, 1.82) is 0 Å². The van der Waals surface area contributed by atoms with Gasteiger partial charge in [0.25, 0.3) is 0 Å². The van der Waals surface area contributed by atoms with Gasteiger partial charge in [-0.25, -0.2) is 4.98 Å². The molecular weight excluding hydrogens is 424 g/mol.